The number of nitrogens with zero attached hydrogens (tertiary/aromatic N) is 2. The summed E-state index contributed by atoms with van der Waals surface area (Å²) < 4.78 is 40.0. The molecule has 6 aliphatic rings. The van der Waals surface area contributed by atoms with Gasteiger partial charge in [-0.25, -0.2) is 19.4 Å². The zero-order valence-electron chi connectivity index (χ0n) is 21.5. The Balaban J connectivity index is 1.09. The van der Waals surface area contributed by atoms with E-state index in [4.69, 9.17) is 24.4 Å². The van der Waals surface area contributed by atoms with Crippen LogP contribution in [0, 0.1) is 17.8 Å². The van der Waals surface area contributed by atoms with Crippen molar-refractivity contribution in [1.82, 2.24) is 9.55 Å². The summed E-state index contributed by atoms with van der Waals surface area (Å²) in [6, 6.07) is 1.16. The van der Waals surface area contributed by atoms with Gasteiger partial charge in [-0.05, 0) is 81.6 Å². The zero-order chi connectivity index (χ0) is 27.4. The van der Waals surface area contributed by atoms with E-state index in [0.29, 0.717) is 35.2 Å². The molecule has 3 aliphatic carbocycles. The maximum atomic E-state index is 14.4. The molecule has 6 fully saturated rings. The highest BCUT2D eigenvalue weighted by atomic mass is 19.3. The van der Waals surface area contributed by atoms with E-state index in [9.17, 15) is 23.5 Å². The van der Waals surface area contributed by atoms with Gasteiger partial charge in [0.05, 0.1) is 12.7 Å². The first kappa shape index (κ1) is 27.0. The molecule has 4 bridgehead atoms. The molecular formula is C26H35F2N3O8. The second kappa shape index (κ2) is 10.3. The van der Waals surface area contributed by atoms with Crippen LogP contribution in [0.1, 0.15) is 70.4 Å². The second-order valence-electron chi connectivity index (χ2n) is 12.0. The Kier molecular flexibility index (Phi) is 7.15. The first-order valence-corrected chi connectivity index (χ1v) is 13.9. The highest BCUT2D eigenvalue weighted by Crippen LogP contribution is 2.50. The van der Waals surface area contributed by atoms with E-state index < -0.39 is 54.5 Å². The normalized spacial score (nSPS) is 41.1. The predicted molar refractivity (Wildman–Crippen MR) is 130 cm³/mol. The summed E-state index contributed by atoms with van der Waals surface area (Å²) in [7, 11) is 0. The molecule has 3 N–H and O–H groups in total. The summed E-state index contributed by atoms with van der Waals surface area (Å²) in [5.74, 6) is -2.04. The number of alkyl halides is 2. The summed E-state index contributed by atoms with van der Waals surface area (Å²) in [4.78, 5) is 40.9. The number of hydrogen-bond donors (Lipinski definition) is 3. The lowest BCUT2D eigenvalue weighted by molar-refractivity contribution is -0.396. The fraction of sp³-hybridized carbons (Fsp3) is 0.808. The standard InChI is InChI=1S/C26H35F2N3O8/c27-26(28)21(33)19(13-32)37-22(26)31-5-3-20(29-23(31)34)30-24(35)36-17-2-1-4-25(12-17)11-16-7-14-6-15(8-16)10-18(9-14)38-39-25/h3,5,14-19,21-22,32-33H,1-2,4,6-13H2,(H,29,30,34,35)/t14?,15?,16?,17?,18?,19-,21-,22-,25+/m1/s1. The van der Waals surface area contributed by atoms with Crippen molar-refractivity contribution in [1.29, 1.82) is 0 Å². The van der Waals surface area contributed by atoms with Crippen molar-refractivity contribution in [3.05, 3.63) is 22.7 Å². The lowest BCUT2D eigenvalue weighted by Gasteiger charge is -2.42. The molecule has 1 aromatic heterocycles. The Hall–Kier alpha value is -2.19. The maximum Gasteiger partial charge on any atom is 0.413 e. The van der Waals surface area contributed by atoms with E-state index in [2.05, 4.69) is 10.3 Å². The van der Waals surface area contributed by atoms with E-state index in [1.165, 1.54) is 19.3 Å². The molecule has 11 nitrogen and oxygen atoms in total. The van der Waals surface area contributed by atoms with Crippen molar-refractivity contribution >= 4 is 11.9 Å². The summed E-state index contributed by atoms with van der Waals surface area (Å²) >= 11 is 0. The van der Waals surface area contributed by atoms with Gasteiger partial charge in [-0.1, -0.05) is 0 Å². The molecule has 1 amide bonds. The van der Waals surface area contributed by atoms with E-state index >= 15 is 0 Å². The van der Waals surface area contributed by atoms with Crippen LogP contribution in [0.25, 0.3) is 0 Å². The van der Waals surface area contributed by atoms with E-state index in [0.717, 1.165) is 44.4 Å². The number of amides is 1. The van der Waals surface area contributed by atoms with E-state index in [1.807, 2.05) is 0 Å². The average Bonchev–Trinajstić information content (AvgIpc) is 3.14. The highest BCUT2D eigenvalue weighted by Gasteiger charge is 2.59. The summed E-state index contributed by atoms with van der Waals surface area (Å²) in [6.07, 6.45) is 3.37. The van der Waals surface area contributed by atoms with Crippen LogP contribution in [0.4, 0.5) is 19.4 Å². The van der Waals surface area contributed by atoms with Crippen LogP contribution >= 0.6 is 0 Å². The van der Waals surface area contributed by atoms with Gasteiger partial charge < -0.3 is 19.7 Å². The van der Waals surface area contributed by atoms with Gasteiger partial charge in [0.15, 0.2) is 6.10 Å². The van der Waals surface area contributed by atoms with E-state index in [1.54, 1.807) is 0 Å². The maximum absolute atomic E-state index is 14.4. The van der Waals surface area contributed by atoms with Gasteiger partial charge in [0, 0.05) is 12.6 Å². The third-order valence-corrected chi connectivity index (χ3v) is 9.12. The molecule has 0 radical (unpaired) electrons. The first-order chi connectivity index (χ1) is 18.6. The van der Waals surface area contributed by atoms with Crippen molar-refractivity contribution in [3.8, 4) is 0 Å². The number of aliphatic hydroxyl groups excluding tert-OH is 2. The minimum atomic E-state index is -3.83. The van der Waals surface area contributed by atoms with Crippen LogP contribution in [-0.2, 0) is 19.2 Å². The quantitative estimate of drug-likeness (QED) is 0.478. The summed E-state index contributed by atoms with van der Waals surface area (Å²) in [6.45, 7) is -0.844. The molecule has 39 heavy (non-hydrogen) atoms. The van der Waals surface area contributed by atoms with Gasteiger partial charge in [-0.15, -0.1) is 0 Å². The van der Waals surface area contributed by atoms with Gasteiger partial charge in [0.25, 0.3) is 0 Å². The fourth-order valence-electron chi connectivity index (χ4n) is 7.60. The number of aromatic nitrogens is 2. The molecule has 0 aromatic carbocycles. The summed E-state index contributed by atoms with van der Waals surface area (Å²) in [5, 5.41) is 21.3. The first-order valence-electron chi connectivity index (χ1n) is 13.9. The average molecular weight is 556 g/mol. The van der Waals surface area contributed by atoms with Gasteiger partial charge >= 0.3 is 17.7 Å². The Morgan fingerprint density at radius 3 is 2.62 bits per heavy atom. The minimum Gasteiger partial charge on any atom is -0.446 e. The van der Waals surface area contributed by atoms with Gasteiger partial charge in [-0.2, -0.15) is 13.8 Å². The van der Waals surface area contributed by atoms with Crippen molar-refractivity contribution in [2.45, 2.75) is 106 Å². The number of nitrogens with one attached hydrogen (secondary N) is 1. The summed E-state index contributed by atoms with van der Waals surface area (Å²) in [5.41, 5.74) is -1.63. The molecule has 3 unspecified atom stereocenters. The van der Waals surface area contributed by atoms with Crippen LogP contribution in [0.3, 0.4) is 0 Å². The van der Waals surface area contributed by atoms with E-state index in [-0.39, 0.29) is 11.9 Å². The zero-order valence-corrected chi connectivity index (χ0v) is 21.5. The number of hydrogen-bond acceptors (Lipinski definition) is 9. The lowest BCUT2D eigenvalue weighted by Crippen LogP contribution is -2.44. The predicted octanol–water partition coefficient (Wildman–Crippen LogP) is 2.91. The number of ether oxygens (including phenoxy) is 2. The molecule has 13 heteroatoms. The molecule has 7 atom stereocenters. The lowest BCUT2D eigenvalue weighted by atomic mass is 9.64. The minimum absolute atomic E-state index is 0.120. The van der Waals surface area contributed by atoms with Crippen LogP contribution < -0.4 is 11.0 Å². The van der Waals surface area contributed by atoms with Gasteiger partial charge in [0.1, 0.15) is 23.6 Å². The van der Waals surface area contributed by atoms with Crippen molar-refractivity contribution < 1.29 is 43.0 Å². The van der Waals surface area contributed by atoms with Gasteiger partial charge in [-0.3, -0.25) is 9.88 Å². The highest BCUT2D eigenvalue weighted by molar-refractivity contribution is 5.83. The van der Waals surface area contributed by atoms with Crippen LogP contribution in [0.5, 0.6) is 0 Å². The fourth-order valence-corrected chi connectivity index (χ4v) is 7.60. The molecule has 7 rings (SSSR count). The number of aliphatic hydroxyl groups is 2. The smallest absolute Gasteiger partial charge is 0.413 e. The number of carbonyl (C=O) groups is 1. The molecule has 216 valence electrons. The Labute approximate surface area is 223 Å². The molecule has 4 heterocycles. The molecule has 1 spiro atoms. The molecule has 1 aromatic rings. The molecule has 3 saturated heterocycles. The van der Waals surface area contributed by atoms with Crippen molar-refractivity contribution in [3.63, 3.8) is 0 Å². The molecular weight excluding hydrogens is 520 g/mol. The molecule has 3 aliphatic heterocycles. The SMILES string of the molecule is O=C(Nc1ccn([C@@H]2O[C@H](CO)[C@@H](O)C2(F)F)c(=O)n1)OC1CCC[C@]2(CC3CC4CC(C3)CC(C4)OO2)C1. The van der Waals surface area contributed by atoms with Gasteiger partial charge in [0.2, 0.25) is 6.23 Å². The van der Waals surface area contributed by atoms with Crippen molar-refractivity contribution in [2.24, 2.45) is 17.8 Å². The monoisotopic (exact) mass is 555 g/mol. The van der Waals surface area contributed by atoms with Crippen molar-refractivity contribution in [2.75, 3.05) is 11.9 Å². The topological polar surface area (TPSA) is 141 Å². The number of rotatable bonds is 4. The third-order valence-electron chi connectivity index (χ3n) is 9.12. The Morgan fingerprint density at radius 2 is 1.92 bits per heavy atom. The number of halogens is 2. The van der Waals surface area contributed by atoms with Crippen LogP contribution in [-0.4, -0.2) is 68.4 Å². The number of carbonyl (C=O) groups excluding carboxylic acids is 1. The van der Waals surface area contributed by atoms with Crippen LogP contribution in [0.15, 0.2) is 17.1 Å². The molecule has 3 saturated carbocycles. The largest absolute Gasteiger partial charge is 0.446 e. The third kappa shape index (κ3) is 5.31. The van der Waals surface area contributed by atoms with Crippen LogP contribution in [0.2, 0.25) is 0 Å². The Bertz CT molecular complexity index is 1120. The number of fused-ring (bicyclic) bond motifs is 1. The number of anilines is 1. The Morgan fingerprint density at radius 1 is 1.18 bits per heavy atom. The second-order valence-corrected chi connectivity index (χ2v) is 12.0.